The van der Waals surface area contributed by atoms with Gasteiger partial charge in [-0.1, -0.05) is 31.5 Å². The molecule has 3 aromatic rings. The number of pyridine rings is 1. The molecule has 3 rings (SSSR count). The number of rotatable bonds is 6. The van der Waals surface area contributed by atoms with Gasteiger partial charge in [0.25, 0.3) is 5.56 Å². The summed E-state index contributed by atoms with van der Waals surface area (Å²) < 4.78 is 11.1. The third-order valence-electron chi connectivity index (χ3n) is 4.53. The van der Waals surface area contributed by atoms with E-state index in [2.05, 4.69) is 4.98 Å². The molecule has 0 aliphatic heterocycles. The van der Waals surface area contributed by atoms with Gasteiger partial charge in [-0.25, -0.2) is 4.79 Å². The van der Waals surface area contributed by atoms with Crippen molar-refractivity contribution >= 4 is 16.7 Å². The fraction of sp³-hybridized carbons (Fsp3) is 0.273. The lowest BCUT2D eigenvalue weighted by atomic mass is 10.1. The smallest absolute Gasteiger partial charge is 0.358 e. The summed E-state index contributed by atoms with van der Waals surface area (Å²) >= 11 is 0. The number of benzene rings is 2. The highest BCUT2D eigenvalue weighted by Gasteiger charge is 2.19. The monoisotopic (exact) mass is 381 g/mol. The zero-order chi connectivity index (χ0) is 20.3. The van der Waals surface area contributed by atoms with Gasteiger partial charge in [-0.3, -0.25) is 4.79 Å². The van der Waals surface area contributed by atoms with E-state index in [1.54, 1.807) is 18.2 Å². The maximum Gasteiger partial charge on any atom is 0.358 e. The lowest BCUT2D eigenvalue weighted by Crippen LogP contribution is -2.16. The molecule has 2 N–H and O–H groups in total. The van der Waals surface area contributed by atoms with Gasteiger partial charge in [0.05, 0.1) is 12.0 Å². The van der Waals surface area contributed by atoms with Crippen molar-refractivity contribution in [2.24, 2.45) is 0 Å². The Bertz CT molecular complexity index is 1060. The third-order valence-corrected chi connectivity index (χ3v) is 4.53. The van der Waals surface area contributed by atoms with Crippen molar-refractivity contribution in [3.05, 3.63) is 63.6 Å². The standard InChI is InChI=1S/C22H23NO5/c1-4-5-11-27-22(26)18-19(24)17-12-15(9-10-16(17)21(25)23-18)28-20-13(2)7-6-8-14(20)3/h6-10,12,24H,4-5,11H2,1-3H3,(H,23,25). The number of aromatic amines is 1. The van der Waals surface area contributed by atoms with Gasteiger partial charge < -0.3 is 19.6 Å². The van der Waals surface area contributed by atoms with Crippen LogP contribution >= 0.6 is 0 Å². The number of carbonyl (C=O) groups is 1. The van der Waals surface area contributed by atoms with E-state index in [1.807, 2.05) is 39.0 Å². The first-order valence-corrected chi connectivity index (χ1v) is 9.22. The average molecular weight is 381 g/mol. The molecule has 0 aliphatic carbocycles. The summed E-state index contributed by atoms with van der Waals surface area (Å²) in [5, 5.41) is 11.1. The van der Waals surface area contributed by atoms with Crippen LogP contribution in [0.3, 0.4) is 0 Å². The van der Waals surface area contributed by atoms with Gasteiger partial charge in [0.15, 0.2) is 11.4 Å². The van der Waals surface area contributed by atoms with Gasteiger partial charge >= 0.3 is 5.97 Å². The van der Waals surface area contributed by atoms with Crippen molar-refractivity contribution in [3.8, 4) is 17.2 Å². The van der Waals surface area contributed by atoms with Crippen LogP contribution in [0.2, 0.25) is 0 Å². The van der Waals surface area contributed by atoms with Crippen molar-refractivity contribution in [1.29, 1.82) is 0 Å². The highest BCUT2D eigenvalue weighted by atomic mass is 16.5. The molecule has 0 spiro atoms. The zero-order valence-electron chi connectivity index (χ0n) is 16.2. The van der Waals surface area contributed by atoms with E-state index in [0.29, 0.717) is 17.9 Å². The average Bonchev–Trinajstić information content (AvgIpc) is 2.67. The first-order chi connectivity index (χ1) is 13.4. The van der Waals surface area contributed by atoms with Gasteiger partial charge in [-0.15, -0.1) is 0 Å². The summed E-state index contributed by atoms with van der Waals surface area (Å²) in [5.41, 5.74) is 1.21. The summed E-state index contributed by atoms with van der Waals surface area (Å²) in [6.07, 6.45) is 1.57. The van der Waals surface area contributed by atoms with E-state index >= 15 is 0 Å². The van der Waals surface area contributed by atoms with Crippen molar-refractivity contribution < 1.29 is 19.4 Å². The number of hydrogen-bond donors (Lipinski definition) is 2. The lowest BCUT2D eigenvalue weighted by molar-refractivity contribution is 0.0489. The number of ether oxygens (including phenoxy) is 2. The van der Waals surface area contributed by atoms with Crippen LogP contribution in [0.25, 0.3) is 10.8 Å². The van der Waals surface area contributed by atoms with Crippen molar-refractivity contribution in [2.45, 2.75) is 33.6 Å². The van der Waals surface area contributed by atoms with Crippen LogP contribution in [0.15, 0.2) is 41.2 Å². The molecular weight excluding hydrogens is 358 g/mol. The van der Waals surface area contributed by atoms with Crippen LogP contribution in [0, 0.1) is 13.8 Å². The van der Waals surface area contributed by atoms with Crippen LogP contribution in [0.4, 0.5) is 0 Å². The van der Waals surface area contributed by atoms with E-state index in [4.69, 9.17) is 9.47 Å². The minimum atomic E-state index is -0.758. The highest BCUT2D eigenvalue weighted by Crippen LogP contribution is 2.33. The molecule has 28 heavy (non-hydrogen) atoms. The largest absolute Gasteiger partial charge is 0.505 e. The van der Waals surface area contributed by atoms with E-state index in [1.165, 1.54) is 0 Å². The maximum absolute atomic E-state index is 12.3. The minimum absolute atomic E-state index is 0.227. The third kappa shape index (κ3) is 3.86. The van der Waals surface area contributed by atoms with E-state index < -0.39 is 11.5 Å². The molecule has 0 unspecified atom stereocenters. The van der Waals surface area contributed by atoms with Gasteiger partial charge in [0.1, 0.15) is 11.5 Å². The molecule has 0 fully saturated rings. The molecule has 0 saturated carbocycles. The van der Waals surface area contributed by atoms with E-state index in [9.17, 15) is 14.7 Å². The number of fused-ring (bicyclic) bond motifs is 1. The topological polar surface area (TPSA) is 88.6 Å². The fourth-order valence-electron chi connectivity index (χ4n) is 2.96. The second-order valence-corrected chi connectivity index (χ2v) is 6.70. The molecule has 6 nitrogen and oxygen atoms in total. The molecule has 0 bridgehead atoms. The molecule has 0 saturated heterocycles. The predicted octanol–water partition coefficient (Wildman–Crippen LogP) is 4.60. The Balaban J connectivity index is 2.01. The summed E-state index contributed by atoms with van der Waals surface area (Å²) in [6, 6.07) is 10.6. The molecule has 1 heterocycles. The molecule has 0 amide bonds. The van der Waals surface area contributed by atoms with Crippen LogP contribution in [-0.4, -0.2) is 22.7 Å². The molecule has 0 aliphatic rings. The van der Waals surface area contributed by atoms with Gasteiger partial charge in [-0.2, -0.15) is 0 Å². The molecule has 0 radical (unpaired) electrons. The normalized spacial score (nSPS) is 10.8. The fourth-order valence-corrected chi connectivity index (χ4v) is 2.96. The van der Waals surface area contributed by atoms with Crippen LogP contribution < -0.4 is 10.3 Å². The minimum Gasteiger partial charge on any atom is -0.505 e. The second-order valence-electron chi connectivity index (χ2n) is 6.70. The first kappa shape index (κ1) is 19.5. The SMILES string of the molecule is CCCCOC(=O)c1[nH]c(=O)c2ccc(Oc3c(C)cccc3C)cc2c1O. The number of aromatic hydroxyl groups is 1. The second kappa shape index (κ2) is 8.17. The number of aromatic nitrogens is 1. The lowest BCUT2D eigenvalue weighted by Gasteiger charge is -2.13. The first-order valence-electron chi connectivity index (χ1n) is 9.22. The summed E-state index contributed by atoms with van der Waals surface area (Å²) in [5.74, 6) is 0.0792. The maximum atomic E-state index is 12.3. The van der Waals surface area contributed by atoms with Crippen LogP contribution in [0.1, 0.15) is 41.4 Å². The van der Waals surface area contributed by atoms with Gasteiger partial charge in [0.2, 0.25) is 0 Å². The molecule has 146 valence electrons. The summed E-state index contributed by atoms with van der Waals surface area (Å²) in [4.78, 5) is 27.0. The van der Waals surface area contributed by atoms with Crippen molar-refractivity contribution in [2.75, 3.05) is 6.61 Å². The van der Waals surface area contributed by atoms with Crippen molar-refractivity contribution in [1.82, 2.24) is 4.98 Å². The zero-order valence-corrected chi connectivity index (χ0v) is 16.2. The number of aryl methyl sites for hydroxylation is 2. The Labute approximate surface area is 162 Å². The molecule has 6 heteroatoms. The molecular formula is C22H23NO5. The Morgan fingerprint density at radius 2 is 1.82 bits per heavy atom. The molecule has 2 aromatic carbocycles. The summed E-state index contributed by atoms with van der Waals surface area (Å²) in [6.45, 7) is 6.08. The van der Waals surface area contributed by atoms with Gasteiger partial charge in [-0.05, 0) is 49.6 Å². The number of para-hydroxylation sites is 1. The Kier molecular flexibility index (Phi) is 5.68. The van der Waals surface area contributed by atoms with Crippen LogP contribution in [0.5, 0.6) is 17.2 Å². The molecule has 1 aromatic heterocycles. The van der Waals surface area contributed by atoms with E-state index in [0.717, 1.165) is 17.5 Å². The Hall–Kier alpha value is -3.28. The van der Waals surface area contributed by atoms with Crippen molar-refractivity contribution in [3.63, 3.8) is 0 Å². The quantitative estimate of drug-likeness (QED) is 0.481. The number of H-pyrrole nitrogens is 1. The number of esters is 1. The summed E-state index contributed by atoms with van der Waals surface area (Å²) in [7, 11) is 0. The van der Waals surface area contributed by atoms with E-state index in [-0.39, 0.29) is 28.8 Å². The highest BCUT2D eigenvalue weighted by molar-refractivity contribution is 5.99. The number of unbranched alkanes of at least 4 members (excludes halogenated alkanes) is 1. The number of hydrogen-bond acceptors (Lipinski definition) is 5. The van der Waals surface area contributed by atoms with Gasteiger partial charge in [0, 0.05) is 5.39 Å². The Morgan fingerprint density at radius 1 is 1.11 bits per heavy atom. The number of nitrogens with one attached hydrogen (secondary N) is 1. The van der Waals surface area contributed by atoms with Crippen LogP contribution in [-0.2, 0) is 4.74 Å². The predicted molar refractivity (Wildman–Crippen MR) is 107 cm³/mol. The molecule has 0 atom stereocenters. The Morgan fingerprint density at radius 3 is 2.50 bits per heavy atom. The number of carbonyl (C=O) groups excluding carboxylic acids is 1.